The number of carbonyl (C=O) groups excluding carboxylic acids is 1. The van der Waals surface area contributed by atoms with E-state index in [1.165, 1.54) is 12.5 Å². The van der Waals surface area contributed by atoms with E-state index >= 15 is 0 Å². The first-order valence-corrected chi connectivity index (χ1v) is 7.34. The van der Waals surface area contributed by atoms with Crippen LogP contribution in [0, 0.1) is 0 Å². The molecule has 3 rings (SSSR count). The van der Waals surface area contributed by atoms with Crippen LogP contribution in [0.1, 0.15) is 5.56 Å². The number of nitrogens with zero attached hydrogens (tertiary/aromatic N) is 1. The molecule has 1 heterocycles. The van der Waals surface area contributed by atoms with Gasteiger partial charge >= 0.3 is 0 Å². The fraction of sp³-hybridized carbons (Fsp3) is 0.118. The molecule has 2 aromatic rings. The van der Waals surface area contributed by atoms with E-state index in [4.69, 9.17) is 21.1 Å². The maximum Gasteiger partial charge on any atom is 0.242 e. The third kappa shape index (κ3) is 3.07. The summed E-state index contributed by atoms with van der Waals surface area (Å²) in [5.74, 6) is 0.934. The van der Waals surface area contributed by atoms with Gasteiger partial charge in [-0.15, -0.1) is 11.6 Å². The highest BCUT2D eigenvalue weighted by molar-refractivity contribution is 6.29. The SMILES string of the molecule is O=C(CCl)N(Cc1ccccc1)c1ccc2c(c1)OC=CO2. The number of halogens is 1. The van der Waals surface area contributed by atoms with Crippen LogP contribution in [0.15, 0.2) is 61.1 Å². The third-order valence-electron chi connectivity index (χ3n) is 3.28. The number of ether oxygens (including phenoxy) is 2. The molecule has 5 heteroatoms. The molecule has 4 nitrogen and oxygen atoms in total. The van der Waals surface area contributed by atoms with Gasteiger partial charge in [-0.2, -0.15) is 0 Å². The molecular formula is C17H14ClNO3. The summed E-state index contributed by atoms with van der Waals surface area (Å²) in [7, 11) is 0. The van der Waals surface area contributed by atoms with E-state index in [1.54, 1.807) is 17.0 Å². The van der Waals surface area contributed by atoms with Crippen LogP contribution in [0.25, 0.3) is 0 Å². The number of benzene rings is 2. The smallest absolute Gasteiger partial charge is 0.242 e. The van der Waals surface area contributed by atoms with Crippen molar-refractivity contribution < 1.29 is 14.3 Å². The predicted octanol–water partition coefficient (Wildman–Crippen LogP) is 3.70. The molecule has 0 aromatic heterocycles. The molecule has 0 aliphatic carbocycles. The van der Waals surface area contributed by atoms with E-state index in [1.807, 2.05) is 36.4 Å². The lowest BCUT2D eigenvalue weighted by Gasteiger charge is -2.23. The van der Waals surface area contributed by atoms with Crippen LogP contribution in [-0.2, 0) is 11.3 Å². The van der Waals surface area contributed by atoms with Crippen LogP contribution < -0.4 is 14.4 Å². The van der Waals surface area contributed by atoms with E-state index in [-0.39, 0.29) is 11.8 Å². The Bertz CT molecular complexity index is 700. The second kappa shape index (κ2) is 6.54. The zero-order valence-electron chi connectivity index (χ0n) is 11.7. The van der Waals surface area contributed by atoms with Gasteiger partial charge in [0.05, 0.1) is 6.54 Å². The van der Waals surface area contributed by atoms with Gasteiger partial charge in [0.1, 0.15) is 18.4 Å². The lowest BCUT2D eigenvalue weighted by molar-refractivity contribution is -0.116. The van der Waals surface area contributed by atoms with Crippen molar-refractivity contribution in [3.63, 3.8) is 0 Å². The number of hydrogen-bond acceptors (Lipinski definition) is 3. The Labute approximate surface area is 133 Å². The number of fused-ring (bicyclic) bond motifs is 1. The molecule has 0 atom stereocenters. The monoisotopic (exact) mass is 315 g/mol. The van der Waals surface area contributed by atoms with Crippen LogP contribution in [0.2, 0.25) is 0 Å². The number of rotatable bonds is 4. The second-order valence-electron chi connectivity index (χ2n) is 4.74. The summed E-state index contributed by atoms with van der Waals surface area (Å²) >= 11 is 5.75. The Morgan fingerprint density at radius 3 is 2.45 bits per heavy atom. The number of carbonyl (C=O) groups is 1. The zero-order chi connectivity index (χ0) is 15.4. The number of alkyl halides is 1. The molecule has 0 spiro atoms. The average molecular weight is 316 g/mol. The van der Waals surface area contributed by atoms with Crippen LogP contribution in [0.3, 0.4) is 0 Å². The normalized spacial score (nSPS) is 12.0. The highest BCUT2D eigenvalue weighted by atomic mass is 35.5. The van der Waals surface area contributed by atoms with Gasteiger partial charge in [0, 0.05) is 11.8 Å². The van der Waals surface area contributed by atoms with Crippen molar-refractivity contribution in [3.05, 3.63) is 66.6 Å². The first-order valence-electron chi connectivity index (χ1n) is 6.80. The minimum absolute atomic E-state index is 0.0822. The Morgan fingerprint density at radius 1 is 1.00 bits per heavy atom. The molecular weight excluding hydrogens is 302 g/mol. The van der Waals surface area contributed by atoms with Crippen LogP contribution in [0.4, 0.5) is 5.69 Å². The lowest BCUT2D eigenvalue weighted by atomic mass is 10.2. The number of hydrogen-bond donors (Lipinski definition) is 0. The standard InChI is InChI=1S/C17H14ClNO3/c18-11-17(20)19(12-13-4-2-1-3-5-13)14-6-7-15-16(10-14)22-9-8-21-15/h1-10H,11-12H2. The van der Waals surface area contributed by atoms with Crippen LogP contribution in [0.5, 0.6) is 11.5 Å². The Kier molecular flexibility index (Phi) is 4.30. The molecule has 22 heavy (non-hydrogen) atoms. The largest absolute Gasteiger partial charge is 0.458 e. The van der Waals surface area contributed by atoms with Gasteiger partial charge in [0.15, 0.2) is 11.5 Å². The molecule has 0 N–H and O–H groups in total. The van der Waals surface area contributed by atoms with E-state index in [0.717, 1.165) is 5.56 Å². The summed E-state index contributed by atoms with van der Waals surface area (Å²) in [4.78, 5) is 13.8. The molecule has 1 aliphatic heterocycles. The molecule has 0 fully saturated rings. The van der Waals surface area contributed by atoms with Crippen molar-refractivity contribution in [2.45, 2.75) is 6.54 Å². The third-order valence-corrected chi connectivity index (χ3v) is 3.51. The van der Waals surface area contributed by atoms with Crippen molar-refractivity contribution in [1.29, 1.82) is 0 Å². The predicted molar refractivity (Wildman–Crippen MR) is 85.2 cm³/mol. The maximum absolute atomic E-state index is 12.2. The fourth-order valence-electron chi connectivity index (χ4n) is 2.22. The molecule has 0 unspecified atom stereocenters. The second-order valence-corrected chi connectivity index (χ2v) is 5.01. The van der Waals surface area contributed by atoms with Gasteiger partial charge in [0.2, 0.25) is 5.91 Å². The summed E-state index contributed by atoms with van der Waals surface area (Å²) in [6.07, 6.45) is 2.92. The summed E-state index contributed by atoms with van der Waals surface area (Å²) in [6, 6.07) is 15.1. The molecule has 0 saturated carbocycles. The Hall–Kier alpha value is -2.46. The van der Waals surface area contributed by atoms with Gasteiger partial charge in [-0.05, 0) is 17.7 Å². The maximum atomic E-state index is 12.2. The van der Waals surface area contributed by atoms with Crippen molar-refractivity contribution in [1.82, 2.24) is 0 Å². The van der Waals surface area contributed by atoms with Crippen LogP contribution >= 0.6 is 11.6 Å². The first-order chi connectivity index (χ1) is 10.8. The van der Waals surface area contributed by atoms with Crippen molar-refractivity contribution in [2.24, 2.45) is 0 Å². The fourth-order valence-corrected chi connectivity index (χ4v) is 2.36. The minimum atomic E-state index is -0.169. The van der Waals surface area contributed by atoms with E-state index in [0.29, 0.717) is 23.7 Å². The quantitative estimate of drug-likeness (QED) is 0.808. The molecule has 0 saturated heterocycles. The number of amides is 1. The van der Waals surface area contributed by atoms with Crippen molar-refractivity contribution in [2.75, 3.05) is 10.8 Å². The first kappa shape index (κ1) is 14.5. The minimum Gasteiger partial charge on any atom is -0.458 e. The van der Waals surface area contributed by atoms with Gasteiger partial charge in [0.25, 0.3) is 0 Å². The van der Waals surface area contributed by atoms with Crippen molar-refractivity contribution in [3.8, 4) is 11.5 Å². The van der Waals surface area contributed by atoms with E-state index < -0.39 is 0 Å². The highest BCUT2D eigenvalue weighted by Gasteiger charge is 2.18. The van der Waals surface area contributed by atoms with Gasteiger partial charge in [-0.25, -0.2) is 0 Å². The van der Waals surface area contributed by atoms with Gasteiger partial charge in [-0.3, -0.25) is 4.79 Å². The van der Waals surface area contributed by atoms with E-state index in [2.05, 4.69) is 0 Å². The molecule has 112 valence electrons. The van der Waals surface area contributed by atoms with E-state index in [9.17, 15) is 4.79 Å². The average Bonchev–Trinajstić information content (AvgIpc) is 2.59. The molecule has 0 radical (unpaired) electrons. The number of anilines is 1. The van der Waals surface area contributed by atoms with Crippen LogP contribution in [-0.4, -0.2) is 11.8 Å². The lowest BCUT2D eigenvalue weighted by Crippen LogP contribution is -2.31. The molecule has 0 bridgehead atoms. The topological polar surface area (TPSA) is 38.8 Å². The highest BCUT2D eigenvalue weighted by Crippen LogP contribution is 2.34. The molecule has 1 aliphatic rings. The summed E-state index contributed by atoms with van der Waals surface area (Å²) in [5.41, 5.74) is 1.74. The summed E-state index contributed by atoms with van der Waals surface area (Å²) in [6.45, 7) is 0.446. The molecule has 2 aromatic carbocycles. The van der Waals surface area contributed by atoms with Gasteiger partial charge in [-0.1, -0.05) is 30.3 Å². The summed E-state index contributed by atoms with van der Waals surface area (Å²) < 4.78 is 10.7. The van der Waals surface area contributed by atoms with Crippen molar-refractivity contribution >= 4 is 23.2 Å². The Morgan fingerprint density at radius 2 is 1.73 bits per heavy atom. The van der Waals surface area contributed by atoms with Gasteiger partial charge < -0.3 is 14.4 Å². The Balaban J connectivity index is 1.91. The zero-order valence-corrected chi connectivity index (χ0v) is 12.5. The molecule has 1 amide bonds. The summed E-state index contributed by atoms with van der Waals surface area (Å²) in [5, 5.41) is 0.